The van der Waals surface area contributed by atoms with Gasteiger partial charge in [-0.25, -0.2) is 8.42 Å². The van der Waals surface area contributed by atoms with Gasteiger partial charge in [0.25, 0.3) is 0 Å². The van der Waals surface area contributed by atoms with Crippen LogP contribution < -0.4 is 0 Å². The molecule has 1 heterocycles. The zero-order valence-corrected chi connectivity index (χ0v) is 18.1. The topological polar surface area (TPSA) is 62.5 Å². The van der Waals surface area contributed by atoms with Crippen molar-refractivity contribution in [2.45, 2.75) is 24.5 Å². The first-order valence-corrected chi connectivity index (χ1v) is 11.6. The van der Waals surface area contributed by atoms with E-state index in [1.807, 2.05) is 36.4 Å². The second kappa shape index (κ2) is 8.40. The van der Waals surface area contributed by atoms with Crippen molar-refractivity contribution < 1.29 is 13.5 Å². The Balaban J connectivity index is 1.62. The Morgan fingerprint density at radius 2 is 1.47 bits per heavy atom. The van der Waals surface area contributed by atoms with E-state index in [-0.39, 0.29) is 18.0 Å². The van der Waals surface area contributed by atoms with Crippen LogP contribution in [-0.4, -0.2) is 41.6 Å². The lowest BCUT2D eigenvalue weighted by molar-refractivity contribution is 0.131. The highest BCUT2D eigenvalue weighted by Gasteiger charge is 2.26. The number of aliphatic hydroxyl groups excluding tert-OH is 1. The number of hydrogen-bond acceptors (Lipinski definition) is 3. The quantitative estimate of drug-likeness (QED) is 0.457. The van der Waals surface area contributed by atoms with E-state index in [1.54, 1.807) is 19.1 Å². The van der Waals surface area contributed by atoms with Gasteiger partial charge in [0, 0.05) is 39.9 Å². The minimum absolute atomic E-state index is 0.00228. The van der Waals surface area contributed by atoms with Crippen LogP contribution in [0.25, 0.3) is 21.8 Å². The summed E-state index contributed by atoms with van der Waals surface area (Å²) in [5.74, 6) is 0. The van der Waals surface area contributed by atoms with Crippen LogP contribution in [-0.2, 0) is 16.6 Å². The summed E-state index contributed by atoms with van der Waals surface area (Å²) < 4.78 is 29.4. The smallest absolute Gasteiger partial charge is 0.243 e. The van der Waals surface area contributed by atoms with E-state index in [0.29, 0.717) is 11.6 Å². The second-order valence-electron chi connectivity index (χ2n) is 7.21. The summed E-state index contributed by atoms with van der Waals surface area (Å²) >= 11 is 5.88. The Morgan fingerprint density at radius 1 is 0.933 bits per heavy atom. The van der Waals surface area contributed by atoms with E-state index < -0.39 is 16.1 Å². The molecule has 0 aliphatic rings. The molecule has 3 aromatic carbocycles. The van der Waals surface area contributed by atoms with Crippen LogP contribution in [0.2, 0.25) is 5.02 Å². The molecule has 0 saturated carbocycles. The molecular formula is C23H23ClN2O3S. The highest BCUT2D eigenvalue weighted by Crippen LogP contribution is 2.29. The highest BCUT2D eigenvalue weighted by molar-refractivity contribution is 7.89. The number of nitrogens with zero attached hydrogens (tertiary/aromatic N) is 2. The highest BCUT2D eigenvalue weighted by atomic mass is 35.5. The lowest BCUT2D eigenvalue weighted by Gasteiger charge is -2.24. The van der Waals surface area contributed by atoms with Crippen molar-refractivity contribution >= 4 is 43.4 Å². The predicted molar refractivity (Wildman–Crippen MR) is 121 cm³/mol. The maximum Gasteiger partial charge on any atom is 0.243 e. The van der Waals surface area contributed by atoms with Gasteiger partial charge in [0.05, 0.1) is 17.5 Å². The van der Waals surface area contributed by atoms with Gasteiger partial charge in [-0.05, 0) is 36.4 Å². The third-order valence-corrected chi connectivity index (χ3v) is 7.50. The largest absolute Gasteiger partial charge is 0.390 e. The average Bonchev–Trinajstić information content (AvgIpc) is 3.06. The molecule has 0 aliphatic carbocycles. The normalized spacial score (nSPS) is 13.3. The fourth-order valence-electron chi connectivity index (χ4n) is 3.86. The molecule has 1 atom stereocenters. The summed E-state index contributed by atoms with van der Waals surface area (Å²) in [6.07, 6.45) is -0.869. The molecule has 7 heteroatoms. The third kappa shape index (κ3) is 3.84. The average molecular weight is 443 g/mol. The number of para-hydroxylation sites is 2. The van der Waals surface area contributed by atoms with Gasteiger partial charge in [-0.15, -0.1) is 0 Å². The number of rotatable bonds is 7. The number of likely N-dealkylation sites (N-methyl/N-ethyl adjacent to an activating group) is 1. The maximum absolute atomic E-state index is 13.0. The van der Waals surface area contributed by atoms with Crippen molar-refractivity contribution in [3.8, 4) is 0 Å². The van der Waals surface area contributed by atoms with Gasteiger partial charge in [-0.3, -0.25) is 0 Å². The fraction of sp³-hybridized carbons (Fsp3) is 0.217. The van der Waals surface area contributed by atoms with Gasteiger partial charge < -0.3 is 9.67 Å². The van der Waals surface area contributed by atoms with Crippen LogP contribution in [0.4, 0.5) is 0 Å². The van der Waals surface area contributed by atoms with Crippen molar-refractivity contribution in [1.82, 2.24) is 8.87 Å². The van der Waals surface area contributed by atoms with E-state index >= 15 is 0 Å². The molecule has 156 valence electrons. The maximum atomic E-state index is 13.0. The lowest BCUT2D eigenvalue weighted by Crippen LogP contribution is -2.38. The van der Waals surface area contributed by atoms with Crippen LogP contribution in [0.3, 0.4) is 0 Å². The molecule has 0 radical (unpaired) electrons. The van der Waals surface area contributed by atoms with Crippen molar-refractivity contribution in [3.63, 3.8) is 0 Å². The SMILES string of the molecule is CCN(C[C@H](O)Cn1c2ccccc2c2ccccc21)S(=O)(=O)c1ccc(Cl)cc1. The van der Waals surface area contributed by atoms with Crippen molar-refractivity contribution in [1.29, 1.82) is 0 Å². The third-order valence-electron chi connectivity index (χ3n) is 5.29. The van der Waals surface area contributed by atoms with E-state index in [9.17, 15) is 13.5 Å². The number of hydrogen-bond donors (Lipinski definition) is 1. The fourth-order valence-corrected chi connectivity index (χ4v) is 5.47. The molecule has 0 fully saturated rings. The van der Waals surface area contributed by atoms with E-state index in [0.717, 1.165) is 21.8 Å². The molecule has 0 saturated heterocycles. The van der Waals surface area contributed by atoms with Gasteiger partial charge in [0.15, 0.2) is 0 Å². The Bertz CT molecular complexity index is 1230. The number of benzene rings is 3. The van der Waals surface area contributed by atoms with Crippen LogP contribution in [0.15, 0.2) is 77.7 Å². The van der Waals surface area contributed by atoms with Crippen molar-refractivity contribution in [2.24, 2.45) is 0 Å². The number of aromatic nitrogens is 1. The Morgan fingerprint density at radius 3 is 2.00 bits per heavy atom. The summed E-state index contributed by atoms with van der Waals surface area (Å²) in [6, 6.07) is 22.1. The first-order valence-electron chi connectivity index (χ1n) is 9.81. The predicted octanol–water partition coefficient (Wildman–Crippen LogP) is 4.52. The Kier molecular flexibility index (Phi) is 5.84. The second-order valence-corrected chi connectivity index (χ2v) is 9.58. The zero-order chi connectivity index (χ0) is 21.3. The minimum Gasteiger partial charge on any atom is -0.390 e. The van der Waals surface area contributed by atoms with Gasteiger partial charge in [-0.1, -0.05) is 54.9 Å². The number of halogens is 1. The summed E-state index contributed by atoms with van der Waals surface area (Å²) in [6.45, 7) is 2.32. The lowest BCUT2D eigenvalue weighted by atomic mass is 10.2. The molecule has 5 nitrogen and oxygen atoms in total. The molecule has 0 unspecified atom stereocenters. The van der Waals surface area contributed by atoms with E-state index in [2.05, 4.69) is 16.7 Å². The minimum atomic E-state index is -3.72. The van der Waals surface area contributed by atoms with Crippen LogP contribution in [0, 0.1) is 0 Å². The number of sulfonamides is 1. The molecule has 0 amide bonds. The van der Waals surface area contributed by atoms with E-state index in [1.165, 1.54) is 16.4 Å². The van der Waals surface area contributed by atoms with Crippen LogP contribution in [0.5, 0.6) is 0 Å². The van der Waals surface area contributed by atoms with Crippen LogP contribution in [0.1, 0.15) is 6.92 Å². The zero-order valence-electron chi connectivity index (χ0n) is 16.6. The molecular weight excluding hydrogens is 420 g/mol. The van der Waals surface area contributed by atoms with Gasteiger partial charge in [0.2, 0.25) is 10.0 Å². The molecule has 4 rings (SSSR count). The van der Waals surface area contributed by atoms with Gasteiger partial charge in [-0.2, -0.15) is 4.31 Å². The van der Waals surface area contributed by atoms with Gasteiger partial charge in [0.1, 0.15) is 0 Å². The first kappa shape index (κ1) is 20.9. The van der Waals surface area contributed by atoms with E-state index in [4.69, 9.17) is 11.6 Å². The summed E-state index contributed by atoms with van der Waals surface area (Å²) in [5, 5.41) is 13.5. The van der Waals surface area contributed by atoms with Crippen molar-refractivity contribution in [2.75, 3.05) is 13.1 Å². The number of fused-ring (bicyclic) bond motifs is 3. The summed E-state index contributed by atoms with van der Waals surface area (Å²) in [4.78, 5) is 0.165. The molecule has 1 aromatic heterocycles. The number of aliphatic hydroxyl groups is 1. The molecule has 0 bridgehead atoms. The van der Waals surface area contributed by atoms with Gasteiger partial charge >= 0.3 is 0 Å². The molecule has 30 heavy (non-hydrogen) atoms. The first-order chi connectivity index (χ1) is 14.4. The van der Waals surface area contributed by atoms with Crippen LogP contribution >= 0.6 is 11.6 Å². The Hall–Kier alpha value is -2.38. The molecule has 1 N–H and O–H groups in total. The van der Waals surface area contributed by atoms with Crippen molar-refractivity contribution in [3.05, 3.63) is 77.8 Å². The molecule has 0 spiro atoms. The summed E-state index contributed by atoms with van der Waals surface area (Å²) in [5.41, 5.74) is 2.03. The molecule has 0 aliphatic heterocycles. The standard InChI is InChI=1S/C23H23ClN2O3S/c1-2-25(30(28,29)19-13-11-17(24)12-14-19)15-18(27)16-26-22-9-5-3-7-20(22)21-8-4-6-10-23(21)26/h3-14,18,27H,2,15-16H2,1H3/t18-/m0/s1. The summed E-state index contributed by atoms with van der Waals surface area (Å²) in [7, 11) is -3.72. The Labute approximate surface area is 181 Å². The monoisotopic (exact) mass is 442 g/mol. The molecule has 4 aromatic rings.